The summed E-state index contributed by atoms with van der Waals surface area (Å²) in [7, 11) is 0. The largest absolute Gasteiger partial charge is 0.484 e. The topological polar surface area (TPSA) is 58.2 Å². The molecule has 5 nitrogen and oxygen atoms in total. The van der Waals surface area contributed by atoms with Gasteiger partial charge in [-0.15, -0.1) is 0 Å². The van der Waals surface area contributed by atoms with Gasteiger partial charge in [0.1, 0.15) is 11.6 Å². The summed E-state index contributed by atoms with van der Waals surface area (Å²) in [6.07, 6.45) is 2.38. The summed E-state index contributed by atoms with van der Waals surface area (Å²) in [5, 5.41) is 0. The van der Waals surface area contributed by atoms with Gasteiger partial charge in [-0.05, 0) is 12.1 Å². The molecule has 0 atom stereocenters. The number of hydrogen-bond acceptors (Lipinski definition) is 3. The van der Waals surface area contributed by atoms with Crippen molar-refractivity contribution >= 4 is 5.91 Å². The second-order valence-corrected chi connectivity index (χ2v) is 4.64. The van der Waals surface area contributed by atoms with Crippen LogP contribution in [0.2, 0.25) is 0 Å². The molecule has 2 aromatic rings. The third-order valence-corrected chi connectivity index (χ3v) is 3.29. The van der Waals surface area contributed by atoms with Gasteiger partial charge in [0.05, 0.1) is 24.3 Å². The summed E-state index contributed by atoms with van der Waals surface area (Å²) >= 11 is 0. The van der Waals surface area contributed by atoms with Crippen LogP contribution >= 0.6 is 0 Å². The van der Waals surface area contributed by atoms with Crippen LogP contribution in [0.1, 0.15) is 11.4 Å². The van der Waals surface area contributed by atoms with Gasteiger partial charge in [-0.1, -0.05) is 6.07 Å². The fraction of sp³-hybridized carbons (Fsp3) is 0.286. The van der Waals surface area contributed by atoms with Crippen molar-refractivity contribution in [2.45, 2.75) is 13.0 Å². The molecule has 0 saturated carbocycles. The van der Waals surface area contributed by atoms with Crippen LogP contribution in [0.5, 0.6) is 5.75 Å². The molecule has 0 spiro atoms. The Hall–Kier alpha value is -2.37. The van der Waals surface area contributed by atoms with Crippen molar-refractivity contribution in [3.8, 4) is 5.75 Å². The van der Waals surface area contributed by atoms with Crippen molar-refractivity contribution in [2.24, 2.45) is 0 Å². The van der Waals surface area contributed by atoms with Crippen LogP contribution in [0.3, 0.4) is 0 Å². The number of H-pyrrole nitrogens is 1. The second kappa shape index (κ2) is 5.32. The number of rotatable bonds is 3. The molecule has 1 aromatic heterocycles. The van der Waals surface area contributed by atoms with E-state index in [0.717, 1.165) is 17.8 Å². The van der Waals surface area contributed by atoms with Crippen molar-refractivity contribution in [1.29, 1.82) is 0 Å². The SMILES string of the molecule is O=C(COc1cccc(F)c1)N1CCc2nc[nH]c2C1. The Balaban J connectivity index is 1.58. The van der Waals surface area contributed by atoms with Crippen molar-refractivity contribution in [1.82, 2.24) is 14.9 Å². The molecule has 1 aliphatic heterocycles. The lowest BCUT2D eigenvalue weighted by Crippen LogP contribution is -2.38. The van der Waals surface area contributed by atoms with Gasteiger partial charge in [-0.2, -0.15) is 0 Å². The first-order chi connectivity index (χ1) is 9.72. The lowest BCUT2D eigenvalue weighted by atomic mass is 10.1. The maximum Gasteiger partial charge on any atom is 0.260 e. The van der Waals surface area contributed by atoms with Crippen LogP contribution < -0.4 is 4.74 Å². The van der Waals surface area contributed by atoms with Crippen molar-refractivity contribution in [3.05, 3.63) is 47.8 Å². The predicted molar refractivity (Wildman–Crippen MR) is 69.6 cm³/mol. The number of nitrogens with zero attached hydrogens (tertiary/aromatic N) is 2. The van der Waals surface area contributed by atoms with E-state index in [2.05, 4.69) is 9.97 Å². The third-order valence-electron chi connectivity index (χ3n) is 3.29. The van der Waals surface area contributed by atoms with E-state index in [1.807, 2.05) is 0 Å². The summed E-state index contributed by atoms with van der Waals surface area (Å²) in [5.74, 6) is -0.137. The molecule has 0 fully saturated rings. The highest BCUT2D eigenvalue weighted by molar-refractivity contribution is 5.78. The van der Waals surface area contributed by atoms with Gasteiger partial charge in [-0.25, -0.2) is 9.37 Å². The first-order valence-electron chi connectivity index (χ1n) is 6.39. The molecule has 6 heteroatoms. The van der Waals surface area contributed by atoms with Gasteiger partial charge < -0.3 is 14.6 Å². The zero-order chi connectivity index (χ0) is 13.9. The zero-order valence-electron chi connectivity index (χ0n) is 10.8. The van der Waals surface area contributed by atoms with Crippen LogP contribution in [-0.4, -0.2) is 33.9 Å². The minimum atomic E-state index is -0.380. The minimum Gasteiger partial charge on any atom is -0.484 e. The molecule has 1 N–H and O–H groups in total. The van der Waals surface area contributed by atoms with Gasteiger partial charge in [0.25, 0.3) is 5.91 Å². The molecule has 20 heavy (non-hydrogen) atoms. The van der Waals surface area contributed by atoms with E-state index in [4.69, 9.17) is 4.74 Å². The number of hydrogen-bond donors (Lipinski definition) is 1. The van der Waals surface area contributed by atoms with Crippen LogP contribution in [0.4, 0.5) is 4.39 Å². The van der Waals surface area contributed by atoms with E-state index >= 15 is 0 Å². The number of carbonyl (C=O) groups excluding carboxylic acids is 1. The van der Waals surface area contributed by atoms with Crippen molar-refractivity contribution in [2.75, 3.05) is 13.2 Å². The van der Waals surface area contributed by atoms with Crippen molar-refractivity contribution < 1.29 is 13.9 Å². The maximum absolute atomic E-state index is 13.0. The standard InChI is InChI=1S/C14H14FN3O2/c15-10-2-1-3-11(6-10)20-8-14(19)18-5-4-12-13(7-18)17-9-16-12/h1-3,6,9H,4-5,7-8H2,(H,16,17). The molecule has 0 radical (unpaired) electrons. The normalized spacial score (nSPS) is 13.9. The van der Waals surface area contributed by atoms with Crippen LogP contribution in [0.15, 0.2) is 30.6 Å². The first kappa shape index (κ1) is 12.7. The molecule has 1 aromatic carbocycles. The highest BCUT2D eigenvalue weighted by Crippen LogP contribution is 2.16. The van der Waals surface area contributed by atoms with E-state index in [9.17, 15) is 9.18 Å². The maximum atomic E-state index is 13.0. The number of aromatic nitrogens is 2. The third kappa shape index (κ3) is 2.64. The van der Waals surface area contributed by atoms with E-state index in [1.165, 1.54) is 12.1 Å². The lowest BCUT2D eigenvalue weighted by Gasteiger charge is -2.26. The Morgan fingerprint density at radius 1 is 1.50 bits per heavy atom. The number of aromatic amines is 1. The quantitative estimate of drug-likeness (QED) is 0.923. The summed E-state index contributed by atoms with van der Waals surface area (Å²) in [6, 6.07) is 5.77. The molecule has 1 aliphatic rings. The highest BCUT2D eigenvalue weighted by atomic mass is 19.1. The molecule has 0 aliphatic carbocycles. The van der Waals surface area contributed by atoms with Gasteiger partial charge in [0.2, 0.25) is 0 Å². The van der Waals surface area contributed by atoms with Gasteiger partial charge in [-0.3, -0.25) is 4.79 Å². The number of halogens is 1. The number of ether oxygens (including phenoxy) is 1. The highest BCUT2D eigenvalue weighted by Gasteiger charge is 2.22. The number of carbonyl (C=O) groups is 1. The molecule has 104 valence electrons. The average molecular weight is 275 g/mol. The number of amides is 1. The molecular weight excluding hydrogens is 261 g/mol. The molecule has 0 saturated heterocycles. The zero-order valence-corrected chi connectivity index (χ0v) is 10.8. The summed E-state index contributed by atoms with van der Waals surface area (Å²) in [6.45, 7) is 1.05. The van der Waals surface area contributed by atoms with Crippen LogP contribution in [-0.2, 0) is 17.8 Å². The molecule has 0 unspecified atom stereocenters. The van der Waals surface area contributed by atoms with Gasteiger partial charge in [0.15, 0.2) is 6.61 Å². The van der Waals surface area contributed by atoms with E-state index in [-0.39, 0.29) is 18.3 Å². The monoisotopic (exact) mass is 275 g/mol. The Labute approximate surface area is 115 Å². The fourth-order valence-corrected chi connectivity index (χ4v) is 2.22. The average Bonchev–Trinajstić information content (AvgIpc) is 2.92. The summed E-state index contributed by atoms with van der Waals surface area (Å²) in [5.41, 5.74) is 1.98. The number of nitrogens with one attached hydrogen (secondary N) is 1. The number of fused-ring (bicyclic) bond motifs is 1. The van der Waals surface area contributed by atoms with Gasteiger partial charge >= 0.3 is 0 Å². The van der Waals surface area contributed by atoms with E-state index in [1.54, 1.807) is 23.4 Å². The van der Waals surface area contributed by atoms with Crippen LogP contribution in [0.25, 0.3) is 0 Å². The summed E-state index contributed by atoms with van der Waals surface area (Å²) in [4.78, 5) is 21.0. The second-order valence-electron chi connectivity index (χ2n) is 4.64. The molecule has 0 bridgehead atoms. The molecule has 2 heterocycles. The molecular formula is C14H14FN3O2. The Morgan fingerprint density at radius 3 is 3.25 bits per heavy atom. The van der Waals surface area contributed by atoms with Gasteiger partial charge in [0, 0.05) is 19.0 Å². The predicted octanol–water partition coefficient (Wildman–Crippen LogP) is 1.51. The fourth-order valence-electron chi connectivity index (χ4n) is 2.22. The minimum absolute atomic E-state index is 0.0904. The molecule has 1 amide bonds. The number of imidazole rings is 1. The Bertz CT molecular complexity index is 626. The first-order valence-corrected chi connectivity index (χ1v) is 6.39. The smallest absolute Gasteiger partial charge is 0.260 e. The Morgan fingerprint density at radius 2 is 2.40 bits per heavy atom. The Kier molecular flexibility index (Phi) is 3.37. The molecule has 3 rings (SSSR count). The lowest BCUT2D eigenvalue weighted by molar-refractivity contribution is -0.134. The van der Waals surface area contributed by atoms with Crippen molar-refractivity contribution in [3.63, 3.8) is 0 Å². The number of benzene rings is 1. The van der Waals surface area contributed by atoms with E-state index < -0.39 is 0 Å². The van der Waals surface area contributed by atoms with E-state index in [0.29, 0.717) is 18.8 Å². The van der Waals surface area contributed by atoms with Crippen LogP contribution in [0, 0.1) is 5.82 Å². The summed E-state index contributed by atoms with van der Waals surface area (Å²) < 4.78 is 18.3.